The molecule has 1 saturated heterocycles. The lowest BCUT2D eigenvalue weighted by molar-refractivity contribution is -0.138. The smallest absolute Gasteiger partial charge is 0.303 e. The van der Waals surface area contributed by atoms with Crippen LogP contribution in [0.4, 0.5) is 0 Å². The van der Waals surface area contributed by atoms with Gasteiger partial charge in [-0.2, -0.15) is 12.7 Å². The molecule has 0 aromatic carbocycles. The third kappa shape index (κ3) is 2.97. The molecule has 1 unspecified atom stereocenters. The number of rotatable bonds is 3. The van der Waals surface area contributed by atoms with Crippen LogP contribution in [0.5, 0.6) is 0 Å². The Morgan fingerprint density at radius 1 is 1.35 bits per heavy atom. The largest absolute Gasteiger partial charge is 0.481 e. The number of carboxylic acid groups (broad SMARTS) is 1. The maximum absolute atomic E-state index is 11.9. The van der Waals surface area contributed by atoms with E-state index in [0.29, 0.717) is 6.54 Å². The summed E-state index contributed by atoms with van der Waals surface area (Å²) < 4.78 is 27.7. The van der Waals surface area contributed by atoms with Crippen LogP contribution in [-0.4, -0.2) is 42.9 Å². The second-order valence-corrected chi connectivity index (χ2v) is 6.53. The SMILES string of the molecule is O=C(O)CC1CNS(=O)(=O)N(C2CCCC2)C1. The van der Waals surface area contributed by atoms with Gasteiger partial charge >= 0.3 is 5.97 Å². The van der Waals surface area contributed by atoms with Crippen molar-refractivity contribution in [3.05, 3.63) is 0 Å². The molecule has 1 aliphatic carbocycles. The zero-order valence-electron chi connectivity index (χ0n) is 9.63. The third-order valence-electron chi connectivity index (χ3n) is 3.50. The van der Waals surface area contributed by atoms with Crippen LogP contribution < -0.4 is 4.72 Å². The molecule has 0 aromatic rings. The number of nitrogens with zero attached hydrogens (tertiary/aromatic N) is 1. The highest BCUT2D eigenvalue weighted by atomic mass is 32.2. The highest BCUT2D eigenvalue weighted by Crippen LogP contribution is 2.28. The first-order valence-electron chi connectivity index (χ1n) is 5.97. The lowest BCUT2D eigenvalue weighted by Crippen LogP contribution is -2.54. The number of carboxylic acids is 1. The molecule has 6 nitrogen and oxygen atoms in total. The van der Waals surface area contributed by atoms with Gasteiger partial charge in [-0.05, 0) is 18.8 Å². The quantitative estimate of drug-likeness (QED) is 0.759. The van der Waals surface area contributed by atoms with E-state index < -0.39 is 16.2 Å². The summed E-state index contributed by atoms with van der Waals surface area (Å²) in [7, 11) is -3.39. The molecule has 7 heteroatoms. The molecule has 2 aliphatic rings. The van der Waals surface area contributed by atoms with Gasteiger partial charge in [-0.3, -0.25) is 4.79 Å². The van der Waals surface area contributed by atoms with Crippen molar-refractivity contribution in [1.29, 1.82) is 0 Å². The standard InChI is InChI=1S/C10H18N2O4S/c13-10(14)5-8-6-11-17(15,16)12(7-8)9-3-1-2-4-9/h8-9,11H,1-7H2,(H,13,14). The van der Waals surface area contributed by atoms with E-state index in [0.717, 1.165) is 25.7 Å². The molecular weight excluding hydrogens is 244 g/mol. The van der Waals surface area contributed by atoms with Crippen molar-refractivity contribution in [3.63, 3.8) is 0 Å². The highest BCUT2D eigenvalue weighted by molar-refractivity contribution is 7.87. The molecule has 17 heavy (non-hydrogen) atoms. The van der Waals surface area contributed by atoms with Gasteiger partial charge in [-0.15, -0.1) is 0 Å². The van der Waals surface area contributed by atoms with Crippen LogP contribution >= 0.6 is 0 Å². The Kier molecular flexibility index (Phi) is 3.70. The number of hydrogen-bond acceptors (Lipinski definition) is 3. The van der Waals surface area contributed by atoms with E-state index in [9.17, 15) is 13.2 Å². The summed E-state index contributed by atoms with van der Waals surface area (Å²) >= 11 is 0. The maximum Gasteiger partial charge on any atom is 0.303 e. The lowest BCUT2D eigenvalue weighted by atomic mass is 10.1. The first-order chi connectivity index (χ1) is 7.99. The molecule has 1 saturated carbocycles. The van der Waals surface area contributed by atoms with Crippen LogP contribution in [0.1, 0.15) is 32.1 Å². The number of carbonyl (C=O) groups is 1. The molecule has 1 atom stereocenters. The molecule has 0 spiro atoms. The summed E-state index contributed by atoms with van der Waals surface area (Å²) in [6.45, 7) is 0.574. The lowest BCUT2D eigenvalue weighted by Gasteiger charge is -2.35. The predicted molar refractivity (Wildman–Crippen MR) is 61.6 cm³/mol. The zero-order valence-corrected chi connectivity index (χ0v) is 10.4. The van der Waals surface area contributed by atoms with Gasteiger partial charge in [0.05, 0.1) is 6.42 Å². The number of nitrogens with one attached hydrogen (secondary N) is 1. The summed E-state index contributed by atoms with van der Waals surface area (Å²) in [6, 6.07) is 0.0593. The van der Waals surface area contributed by atoms with E-state index in [1.165, 1.54) is 4.31 Å². The molecule has 0 amide bonds. The van der Waals surface area contributed by atoms with Crippen molar-refractivity contribution in [1.82, 2.24) is 9.03 Å². The van der Waals surface area contributed by atoms with Crippen molar-refractivity contribution in [2.75, 3.05) is 13.1 Å². The van der Waals surface area contributed by atoms with Crippen LogP contribution in [0.3, 0.4) is 0 Å². The van der Waals surface area contributed by atoms with Crippen molar-refractivity contribution in [2.24, 2.45) is 5.92 Å². The summed E-state index contributed by atoms with van der Waals surface area (Å²) in [5.41, 5.74) is 0. The maximum atomic E-state index is 11.9. The molecule has 2 rings (SSSR count). The number of hydrogen-bond donors (Lipinski definition) is 2. The van der Waals surface area contributed by atoms with E-state index in [1.54, 1.807) is 0 Å². The van der Waals surface area contributed by atoms with E-state index in [-0.39, 0.29) is 24.9 Å². The Morgan fingerprint density at radius 3 is 2.59 bits per heavy atom. The molecule has 1 aliphatic heterocycles. The summed E-state index contributed by atoms with van der Waals surface area (Å²) in [4.78, 5) is 10.7. The van der Waals surface area contributed by atoms with Gasteiger partial charge in [-0.1, -0.05) is 12.8 Å². The minimum Gasteiger partial charge on any atom is -0.481 e. The van der Waals surface area contributed by atoms with Crippen LogP contribution in [0.15, 0.2) is 0 Å². The van der Waals surface area contributed by atoms with Gasteiger partial charge in [0, 0.05) is 19.1 Å². The first-order valence-corrected chi connectivity index (χ1v) is 7.41. The fraction of sp³-hybridized carbons (Fsp3) is 0.900. The molecule has 2 fully saturated rings. The highest BCUT2D eigenvalue weighted by Gasteiger charge is 2.37. The van der Waals surface area contributed by atoms with Crippen LogP contribution in [-0.2, 0) is 15.0 Å². The molecule has 0 radical (unpaired) electrons. The Bertz CT molecular complexity index is 389. The topological polar surface area (TPSA) is 86.7 Å². The molecule has 98 valence electrons. The van der Waals surface area contributed by atoms with E-state index >= 15 is 0 Å². The van der Waals surface area contributed by atoms with Gasteiger partial charge in [0.2, 0.25) is 0 Å². The number of aliphatic carboxylic acids is 1. The summed E-state index contributed by atoms with van der Waals surface area (Å²) in [6.07, 6.45) is 3.91. The Hall–Kier alpha value is -0.660. The van der Waals surface area contributed by atoms with E-state index in [1.807, 2.05) is 0 Å². The second-order valence-electron chi connectivity index (χ2n) is 4.83. The van der Waals surface area contributed by atoms with Crippen LogP contribution in [0.2, 0.25) is 0 Å². The van der Waals surface area contributed by atoms with E-state index in [4.69, 9.17) is 5.11 Å². The summed E-state index contributed by atoms with van der Waals surface area (Å²) in [5, 5.41) is 8.75. The van der Waals surface area contributed by atoms with Crippen molar-refractivity contribution in [3.8, 4) is 0 Å². The normalized spacial score (nSPS) is 30.5. The van der Waals surface area contributed by atoms with Crippen molar-refractivity contribution >= 4 is 16.2 Å². The molecule has 0 bridgehead atoms. The average Bonchev–Trinajstić information content (AvgIpc) is 2.73. The monoisotopic (exact) mass is 262 g/mol. The molecule has 1 heterocycles. The Morgan fingerprint density at radius 2 is 2.00 bits per heavy atom. The zero-order chi connectivity index (χ0) is 12.5. The van der Waals surface area contributed by atoms with Crippen molar-refractivity contribution in [2.45, 2.75) is 38.1 Å². The molecule has 0 aromatic heterocycles. The van der Waals surface area contributed by atoms with Gasteiger partial charge in [-0.25, -0.2) is 4.72 Å². The fourth-order valence-electron chi connectivity index (χ4n) is 2.64. The minimum absolute atomic E-state index is 0.0196. The second kappa shape index (κ2) is 4.91. The third-order valence-corrected chi connectivity index (χ3v) is 5.09. The van der Waals surface area contributed by atoms with Gasteiger partial charge in [0.25, 0.3) is 10.2 Å². The van der Waals surface area contributed by atoms with Crippen LogP contribution in [0, 0.1) is 5.92 Å². The van der Waals surface area contributed by atoms with Crippen molar-refractivity contribution < 1.29 is 18.3 Å². The average molecular weight is 262 g/mol. The first kappa shape index (κ1) is 12.8. The van der Waals surface area contributed by atoms with Gasteiger partial charge < -0.3 is 5.11 Å². The van der Waals surface area contributed by atoms with Crippen LogP contribution in [0.25, 0.3) is 0 Å². The summed E-state index contributed by atoms with van der Waals surface area (Å²) in [5.74, 6) is -1.00. The predicted octanol–water partition coefficient (Wildman–Crippen LogP) is 0.170. The van der Waals surface area contributed by atoms with E-state index in [2.05, 4.69) is 4.72 Å². The van der Waals surface area contributed by atoms with Gasteiger partial charge in [0.15, 0.2) is 0 Å². The minimum atomic E-state index is -3.39. The molecule has 2 N–H and O–H groups in total. The fourth-order valence-corrected chi connectivity index (χ4v) is 4.27. The Balaban J connectivity index is 2.06. The van der Waals surface area contributed by atoms with Gasteiger partial charge in [0.1, 0.15) is 0 Å². The molecular formula is C10H18N2O4S. The Labute approximate surface area is 101 Å².